The van der Waals surface area contributed by atoms with Crippen molar-refractivity contribution in [2.75, 3.05) is 6.54 Å². The molecule has 0 aromatic heterocycles. The molecule has 14 heavy (non-hydrogen) atoms. The van der Waals surface area contributed by atoms with Crippen molar-refractivity contribution in [2.45, 2.75) is 6.10 Å². The van der Waals surface area contributed by atoms with Gasteiger partial charge in [0.05, 0.1) is 6.54 Å². The van der Waals surface area contributed by atoms with Gasteiger partial charge in [0.2, 0.25) is 0 Å². The number of halogens is 1. The summed E-state index contributed by atoms with van der Waals surface area (Å²) < 4.78 is 17.6. The first-order valence-electron chi connectivity index (χ1n) is 4.20. The van der Waals surface area contributed by atoms with Crippen LogP contribution >= 0.6 is 0 Å². The van der Waals surface area contributed by atoms with Crippen molar-refractivity contribution in [3.8, 4) is 0 Å². The van der Waals surface area contributed by atoms with E-state index in [9.17, 15) is 9.18 Å². The molecule has 1 fully saturated rings. The normalized spacial score (nSPS) is 21.2. The molecule has 0 saturated carbocycles. The Morgan fingerprint density at radius 1 is 1.36 bits per heavy atom. The summed E-state index contributed by atoms with van der Waals surface area (Å²) >= 11 is 0. The molecule has 1 aromatic rings. The van der Waals surface area contributed by atoms with Crippen LogP contribution in [0.3, 0.4) is 0 Å². The van der Waals surface area contributed by atoms with Crippen molar-refractivity contribution in [1.29, 1.82) is 0 Å². The third-order valence-corrected chi connectivity index (χ3v) is 1.97. The number of benzene rings is 1. The van der Waals surface area contributed by atoms with E-state index in [2.05, 4.69) is 10.9 Å². The van der Waals surface area contributed by atoms with Crippen LogP contribution in [0, 0.1) is 5.82 Å². The second-order valence-electron chi connectivity index (χ2n) is 2.95. The zero-order valence-corrected chi connectivity index (χ0v) is 7.29. The van der Waals surface area contributed by atoms with E-state index < -0.39 is 6.09 Å². The predicted molar refractivity (Wildman–Crippen MR) is 46.8 cm³/mol. The minimum absolute atomic E-state index is 0.304. The van der Waals surface area contributed by atoms with E-state index in [1.54, 1.807) is 12.1 Å². The number of cyclic esters (lactones) is 1. The van der Waals surface area contributed by atoms with E-state index in [4.69, 9.17) is 4.74 Å². The highest BCUT2D eigenvalue weighted by atomic mass is 19.1. The van der Waals surface area contributed by atoms with Crippen LogP contribution in [0.5, 0.6) is 0 Å². The molecule has 1 amide bonds. The summed E-state index contributed by atoms with van der Waals surface area (Å²) in [4.78, 5) is 10.8. The molecular weight excluding hydrogens is 187 g/mol. The number of amides is 1. The number of hydrogen-bond acceptors (Lipinski definition) is 3. The summed E-state index contributed by atoms with van der Waals surface area (Å²) in [5.74, 6) is -0.304. The molecule has 1 saturated heterocycles. The summed E-state index contributed by atoms with van der Waals surface area (Å²) in [6, 6.07) is 5.87. The van der Waals surface area contributed by atoms with Gasteiger partial charge in [0, 0.05) is 0 Å². The van der Waals surface area contributed by atoms with E-state index >= 15 is 0 Å². The van der Waals surface area contributed by atoms with Crippen molar-refractivity contribution < 1.29 is 13.9 Å². The summed E-state index contributed by atoms with van der Waals surface area (Å²) in [7, 11) is 0. The molecule has 5 heteroatoms. The fourth-order valence-corrected chi connectivity index (χ4v) is 1.28. The van der Waals surface area contributed by atoms with Crippen molar-refractivity contribution in [1.82, 2.24) is 10.9 Å². The molecule has 1 heterocycles. The maximum atomic E-state index is 12.6. The van der Waals surface area contributed by atoms with Gasteiger partial charge in [-0.3, -0.25) is 5.43 Å². The van der Waals surface area contributed by atoms with Crippen LogP contribution in [0.25, 0.3) is 0 Å². The van der Waals surface area contributed by atoms with Gasteiger partial charge in [0.15, 0.2) is 0 Å². The fourth-order valence-electron chi connectivity index (χ4n) is 1.28. The lowest BCUT2D eigenvalue weighted by Crippen LogP contribution is -2.46. The lowest BCUT2D eigenvalue weighted by Gasteiger charge is -2.23. The minimum atomic E-state index is -0.523. The van der Waals surface area contributed by atoms with E-state index in [0.717, 1.165) is 5.56 Å². The molecule has 2 rings (SSSR count). The highest BCUT2D eigenvalue weighted by Crippen LogP contribution is 2.18. The molecule has 0 aliphatic carbocycles. The van der Waals surface area contributed by atoms with Crippen LogP contribution in [0.15, 0.2) is 24.3 Å². The Hall–Kier alpha value is -1.62. The van der Waals surface area contributed by atoms with E-state index in [1.807, 2.05) is 0 Å². The average Bonchev–Trinajstić information content (AvgIpc) is 2.19. The Morgan fingerprint density at radius 2 is 2.07 bits per heavy atom. The molecule has 1 aliphatic rings. The van der Waals surface area contributed by atoms with Crippen molar-refractivity contribution in [3.63, 3.8) is 0 Å². The van der Waals surface area contributed by atoms with E-state index in [-0.39, 0.29) is 11.9 Å². The lowest BCUT2D eigenvalue weighted by atomic mass is 10.1. The Bertz CT molecular complexity index is 339. The van der Waals surface area contributed by atoms with Crippen LogP contribution in [0.1, 0.15) is 11.7 Å². The van der Waals surface area contributed by atoms with Crippen molar-refractivity contribution in [3.05, 3.63) is 35.6 Å². The Kier molecular flexibility index (Phi) is 2.32. The van der Waals surface area contributed by atoms with Gasteiger partial charge >= 0.3 is 6.09 Å². The molecule has 0 bridgehead atoms. The van der Waals surface area contributed by atoms with Crippen LogP contribution in [0.2, 0.25) is 0 Å². The van der Waals surface area contributed by atoms with Gasteiger partial charge in [-0.15, -0.1) is 0 Å². The van der Waals surface area contributed by atoms with Crippen molar-refractivity contribution >= 4 is 6.09 Å². The van der Waals surface area contributed by atoms with Gasteiger partial charge in [0.1, 0.15) is 11.9 Å². The second-order valence-corrected chi connectivity index (χ2v) is 2.95. The summed E-state index contributed by atoms with van der Waals surface area (Å²) in [6.45, 7) is 0.470. The maximum Gasteiger partial charge on any atom is 0.422 e. The van der Waals surface area contributed by atoms with E-state index in [1.165, 1.54) is 12.1 Å². The van der Waals surface area contributed by atoms with Crippen LogP contribution in [-0.4, -0.2) is 12.6 Å². The minimum Gasteiger partial charge on any atom is -0.439 e. The molecule has 74 valence electrons. The van der Waals surface area contributed by atoms with Gasteiger partial charge < -0.3 is 4.74 Å². The zero-order chi connectivity index (χ0) is 9.97. The summed E-state index contributed by atoms with van der Waals surface area (Å²) in [6.07, 6.45) is -0.880. The first-order chi connectivity index (χ1) is 6.75. The average molecular weight is 196 g/mol. The summed E-state index contributed by atoms with van der Waals surface area (Å²) in [5, 5.41) is 0. The molecule has 1 unspecified atom stereocenters. The summed E-state index contributed by atoms with van der Waals surface area (Å²) in [5.41, 5.74) is 5.76. The zero-order valence-electron chi connectivity index (χ0n) is 7.29. The Morgan fingerprint density at radius 3 is 2.71 bits per heavy atom. The third kappa shape index (κ3) is 1.82. The number of ether oxygens (including phenoxy) is 1. The SMILES string of the molecule is O=C1NNCC(c2ccc(F)cc2)O1. The highest BCUT2D eigenvalue weighted by molar-refractivity contribution is 5.67. The molecule has 0 radical (unpaired) electrons. The third-order valence-electron chi connectivity index (χ3n) is 1.97. The number of carbonyl (C=O) groups is 1. The Labute approximate surface area is 80.0 Å². The molecule has 1 aromatic carbocycles. The van der Waals surface area contributed by atoms with Crippen LogP contribution in [-0.2, 0) is 4.74 Å². The second kappa shape index (κ2) is 3.63. The highest BCUT2D eigenvalue weighted by Gasteiger charge is 2.20. The van der Waals surface area contributed by atoms with Crippen molar-refractivity contribution in [2.24, 2.45) is 0 Å². The maximum absolute atomic E-state index is 12.6. The van der Waals surface area contributed by atoms with Gasteiger partial charge in [-0.2, -0.15) is 0 Å². The molecule has 2 N–H and O–H groups in total. The van der Waals surface area contributed by atoms with E-state index in [0.29, 0.717) is 6.54 Å². The van der Waals surface area contributed by atoms with Crippen LogP contribution in [0.4, 0.5) is 9.18 Å². The molecular formula is C9H9FN2O2. The van der Waals surface area contributed by atoms with Gasteiger partial charge in [-0.25, -0.2) is 14.6 Å². The molecule has 4 nitrogen and oxygen atoms in total. The monoisotopic (exact) mass is 196 g/mol. The molecule has 0 spiro atoms. The predicted octanol–water partition coefficient (Wildman–Crippen LogP) is 1.11. The smallest absolute Gasteiger partial charge is 0.422 e. The first-order valence-corrected chi connectivity index (χ1v) is 4.20. The topological polar surface area (TPSA) is 50.4 Å². The largest absolute Gasteiger partial charge is 0.439 e. The van der Waals surface area contributed by atoms with Gasteiger partial charge in [-0.1, -0.05) is 12.1 Å². The number of carbonyl (C=O) groups excluding carboxylic acids is 1. The fraction of sp³-hybridized carbons (Fsp3) is 0.222. The Balaban J connectivity index is 2.14. The lowest BCUT2D eigenvalue weighted by molar-refractivity contribution is 0.0678. The van der Waals surface area contributed by atoms with Gasteiger partial charge in [0.25, 0.3) is 0 Å². The quantitative estimate of drug-likeness (QED) is 0.707. The van der Waals surface area contributed by atoms with Crippen LogP contribution < -0.4 is 10.9 Å². The number of nitrogens with one attached hydrogen (secondary N) is 2. The molecule has 1 atom stereocenters. The number of rotatable bonds is 1. The molecule has 1 aliphatic heterocycles. The van der Waals surface area contributed by atoms with Gasteiger partial charge in [-0.05, 0) is 17.7 Å². The standard InChI is InChI=1S/C9H9FN2O2/c10-7-3-1-6(2-4-7)8-5-11-12-9(13)14-8/h1-4,8,11H,5H2,(H,12,13). The number of hydrogen-bond donors (Lipinski definition) is 2. The number of hydrazine groups is 1. The first kappa shape index (κ1) is 8.96.